The van der Waals surface area contributed by atoms with E-state index in [4.69, 9.17) is 9.31 Å². The molecule has 1 unspecified atom stereocenters. The van der Waals surface area contributed by atoms with E-state index >= 15 is 0 Å². The van der Waals surface area contributed by atoms with Crippen LogP contribution in [0.3, 0.4) is 0 Å². The van der Waals surface area contributed by atoms with Crippen LogP contribution < -0.4 is 24.0 Å². The van der Waals surface area contributed by atoms with Crippen LogP contribution in [0.2, 0.25) is 0 Å². The Morgan fingerprint density at radius 2 is 1.37 bits per heavy atom. The van der Waals surface area contributed by atoms with Gasteiger partial charge in [-0.15, -0.1) is 0 Å². The van der Waals surface area contributed by atoms with E-state index in [-0.39, 0.29) is 0 Å². The van der Waals surface area contributed by atoms with E-state index in [1.165, 1.54) is 119 Å². The number of hydrogen-bond acceptors (Lipinski definition) is 3. The molecule has 0 amide bonds. The van der Waals surface area contributed by atoms with E-state index in [1.807, 2.05) is 0 Å². The Morgan fingerprint density at radius 1 is 0.698 bits per heavy atom. The highest BCUT2D eigenvalue weighted by atomic mass is 16.6. The fraction of sp³-hybridized carbons (Fsp3) is 0.342. The lowest BCUT2D eigenvalue weighted by Crippen LogP contribution is -2.80. The van der Waals surface area contributed by atoms with Crippen molar-refractivity contribution in [3.8, 4) is 11.5 Å². The summed E-state index contributed by atoms with van der Waals surface area (Å²) < 4.78 is 17.9. The van der Waals surface area contributed by atoms with Crippen LogP contribution in [-0.2, 0) is 6.42 Å². The Morgan fingerprint density at radius 3 is 2.16 bits per heavy atom. The van der Waals surface area contributed by atoms with Crippen molar-refractivity contribution in [1.29, 1.82) is 0 Å². The smallest absolute Gasteiger partial charge is 0.601 e. The van der Waals surface area contributed by atoms with Gasteiger partial charge < -0.3 is 18.6 Å². The Hall–Kier alpha value is -3.99. The van der Waals surface area contributed by atoms with Gasteiger partial charge in [0.15, 0.2) is 5.36 Å². The summed E-state index contributed by atoms with van der Waals surface area (Å²) in [5.74, 6) is 1.95. The second-order valence-corrected chi connectivity index (χ2v) is 13.6. The summed E-state index contributed by atoms with van der Waals surface area (Å²) in [4.78, 5) is 2.70. The topological polar surface area (TPSA) is 24.7 Å². The molecule has 4 bridgehead atoms. The molecule has 5 aromatic carbocycles. The molecule has 1 spiro atoms. The van der Waals surface area contributed by atoms with Crippen LogP contribution >= 0.6 is 0 Å². The minimum absolute atomic E-state index is 0.371. The number of anilines is 1. The first-order chi connectivity index (χ1) is 21.3. The van der Waals surface area contributed by atoms with Crippen molar-refractivity contribution in [2.45, 2.75) is 82.7 Å². The van der Waals surface area contributed by atoms with Crippen molar-refractivity contribution in [2.24, 2.45) is 0 Å². The van der Waals surface area contributed by atoms with Gasteiger partial charge in [-0.05, 0) is 66.1 Å². The van der Waals surface area contributed by atoms with Gasteiger partial charge in [0.25, 0.3) is 0 Å². The SMILES string of the molecule is C1=Cc2cccc3c4cc(c(c23)C1)N(C1CCCCC1)[B-]1(O4)Oc2cc(c3cccc4cccc2c43)=[N+]1C1CCCCC1. The average molecular weight is 565 g/mol. The lowest BCUT2D eigenvalue weighted by Gasteiger charge is -2.56. The molecule has 2 fully saturated rings. The molecule has 0 aromatic heterocycles. The highest BCUT2D eigenvalue weighted by molar-refractivity contribution is 6.72. The molecular formula is C38H37BN2O2. The van der Waals surface area contributed by atoms with Crippen LogP contribution in [0.1, 0.15) is 75.3 Å². The van der Waals surface area contributed by atoms with Crippen molar-refractivity contribution in [2.75, 3.05) is 4.81 Å². The first kappa shape index (κ1) is 24.5. The summed E-state index contributed by atoms with van der Waals surface area (Å²) in [6.45, 7) is -2.07. The van der Waals surface area contributed by atoms with E-state index in [9.17, 15) is 0 Å². The molecule has 5 aliphatic rings. The summed E-state index contributed by atoms with van der Waals surface area (Å²) in [5.41, 5.74) is 4.09. The number of allylic oxidation sites excluding steroid dienone is 1. The Bertz CT molecular complexity index is 2050. The number of rotatable bonds is 2. The third-order valence-corrected chi connectivity index (χ3v) is 11.3. The zero-order valence-electron chi connectivity index (χ0n) is 24.7. The molecule has 0 radical (unpaired) electrons. The van der Waals surface area contributed by atoms with E-state index in [0.29, 0.717) is 12.1 Å². The standard InChI is InChI=1S/C38H37BN2O2/c1-3-15-27(16-4-1)40-33-23-35(31-21-9-13-25-11-7-19-29(33)37(25)31)42-39(40)41(28-17-5-2-6-18-28)34-24-36(43-39)32-22-10-14-26-12-8-20-30(34)38(26)32/h7-14,19,21-24,27-28H,1-6,15-18,20H2. The van der Waals surface area contributed by atoms with Gasteiger partial charge in [-0.25, -0.2) is 0 Å². The van der Waals surface area contributed by atoms with Gasteiger partial charge in [0.05, 0.1) is 11.5 Å². The molecule has 5 aromatic rings. The van der Waals surface area contributed by atoms with Gasteiger partial charge in [-0.1, -0.05) is 86.4 Å². The molecule has 0 saturated heterocycles. The molecule has 0 N–H and O–H groups in total. The summed E-state index contributed by atoms with van der Waals surface area (Å²) in [7, 11) is 0. The van der Waals surface area contributed by atoms with E-state index < -0.39 is 6.82 Å². The van der Waals surface area contributed by atoms with Gasteiger partial charge in [0, 0.05) is 52.2 Å². The van der Waals surface area contributed by atoms with Crippen molar-refractivity contribution in [1.82, 2.24) is 4.49 Å². The van der Waals surface area contributed by atoms with E-state index in [2.05, 4.69) is 88.2 Å². The zero-order valence-corrected chi connectivity index (χ0v) is 24.7. The fourth-order valence-electron chi connectivity index (χ4n) is 9.57. The summed E-state index contributed by atoms with van der Waals surface area (Å²) in [6, 6.07) is 25.6. The molecule has 3 aliphatic carbocycles. The lowest BCUT2D eigenvalue weighted by atomic mass is 9.71. The maximum absolute atomic E-state index is 7.60. The summed E-state index contributed by atoms with van der Waals surface area (Å²) in [6.07, 6.45) is 18.0. The summed E-state index contributed by atoms with van der Waals surface area (Å²) in [5, 5.41) is 8.99. The van der Waals surface area contributed by atoms with Gasteiger partial charge in [-0.3, -0.25) is 0 Å². The maximum atomic E-state index is 7.60. The number of fused-ring (bicyclic) bond motifs is 8. The highest BCUT2D eigenvalue weighted by Gasteiger charge is 2.62. The predicted octanol–water partition coefficient (Wildman–Crippen LogP) is 8.32. The normalized spacial score (nSPS) is 23.3. The van der Waals surface area contributed by atoms with Gasteiger partial charge in [-0.2, -0.15) is 0 Å². The Balaban J connectivity index is 1.34. The summed E-state index contributed by atoms with van der Waals surface area (Å²) >= 11 is 0. The monoisotopic (exact) mass is 564 g/mol. The van der Waals surface area contributed by atoms with Gasteiger partial charge in [0.2, 0.25) is 0 Å². The average Bonchev–Trinajstić information content (AvgIpc) is 3.06. The fourth-order valence-corrected chi connectivity index (χ4v) is 9.57. The molecule has 1 atom stereocenters. The number of benzene rings is 5. The molecule has 2 heterocycles. The van der Waals surface area contributed by atoms with Crippen LogP contribution in [0.15, 0.2) is 72.8 Å². The molecule has 5 heteroatoms. The van der Waals surface area contributed by atoms with E-state index in [0.717, 1.165) is 17.9 Å². The van der Waals surface area contributed by atoms with Crippen molar-refractivity contribution in [3.63, 3.8) is 0 Å². The Labute approximate surface area is 252 Å². The van der Waals surface area contributed by atoms with Gasteiger partial charge >= 0.3 is 6.82 Å². The zero-order chi connectivity index (χ0) is 28.1. The Kier molecular flexibility index (Phi) is 5.13. The molecule has 43 heavy (non-hydrogen) atoms. The molecule has 10 rings (SSSR count). The maximum Gasteiger partial charge on any atom is 0.771 e. The van der Waals surface area contributed by atoms with Crippen LogP contribution in [0.4, 0.5) is 5.69 Å². The van der Waals surface area contributed by atoms with Crippen LogP contribution in [0.25, 0.3) is 38.4 Å². The minimum atomic E-state index is -2.07. The molecule has 4 nitrogen and oxygen atoms in total. The first-order valence-corrected chi connectivity index (χ1v) is 16.8. The molecule has 2 saturated carbocycles. The molecule has 214 valence electrons. The van der Waals surface area contributed by atoms with Crippen molar-refractivity contribution < 1.29 is 9.31 Å². The highest BCUT2D eigenvalue weighted by Crippen LogP contribution is 2.50. The minimum Gasteiger partial charge on any atom is -0.601 e. The van der Waals surface area contributed by atoms with Crippen molar-refractivity contribution in [3.05, 3.63) is 89.3 Å². The second kappa shape index (κ2) is 9.01. The largest absolute Gasteiger partial charge is 0.771 e. The lowest BCUT2D eigenvalue weighted by molar-refractivity contribution is 0.267. The quantitative estimate of drug-likeness (QED) is 0.202. The van der Waals surface area contributed by atoms with Crippen LogP contribution in [0, 0.1) is 0 Å². The van der Waals surface area contributed by atoms with Crippen LogP contribution in [-0.4, -0.2) is 18.9 Å². The first-order valence-electron chi connectivity index (χ1n) is 16.8. The molecular weight excluding hydrogens is 527 g/mol. The second-order valence-electron chi connectivity index (χ2n) is 13.6. The number of hydrogen-bond donors (Lipinski definition) is 0. The third-order valence-electron chi connectivity index (χ3n) is 11.3. The van der Waals surface area contributed by atoms with Crippen LogP contribution in [0.5, 0.6) is 11.5 Å². The van der Waals surface area contributed by atoms with Gasteiger partial charge in [0.1, 0.15) is 6.04 Å². The van der Waals surface area contributed by atoms with Crippen molar-refractivity contribution >= 4 is 50.9 Å². The number of nitrogens with zero attached hydrogens (tertiary/aromatic N) is 2. The van der Waals surface area contributed by atoms with E-state index in [1.54, 1.807) is 0 Å². The third kappa shape index (κ3) is 3.31. The molecule has 2 aliphatic heterocycles. The predicted molar refractivity (Wildman–Crippen MR) is 178 cm³/mol.